The van der Waals surface area contributed by atoms with E-state index in [0.29, 0.717) is 4.68 Å². The van der Waals surface area contributed by atoms with E-state index in [1.165, 1.54) is 12.3 Å². The summed E-state index contributed by atoms with van der Waals surface area (Å²) >= 11 is 5.38. The molecule has 1 aromatic rings. The summed E-state index contributed by atoms with van der Waals surface area (Å²) in [6.07, 6.45) is -1.40. The van der Waals surface area contributed by atoms with Gasteiger partial charge < -0.3 is 0 Å². The van der Waals surface area contributed by atoms with E-state index in [9.17, 15) is 13.6 Å². The summed E-state index contributed by atoms with van der Waals surface area (Å²) in [5.74, 6) is 0. The predicted octanol–water partition coefficient (Wildman–Crippen LogP) is 1.16. The van der Waals surface area contributed by atoms with Crippen LogP contribution in [0.3, 0.4) is 0 Å². The van der Waals surface area contributed by atoms with Crippen molar-refractivity contribution in [3.05, 3.63) is 27.6 Å². The first-order valence-electron chi connectivity index (χ1n) is 3.11. The molecule has 0 unspecified atom stereocenters. The topological polar surface area (TPSA) is 34.9 Å². The molecule has 3 nitrogen and oxygen atoms in total. The van der Waals surface area contributed by atoms with Crippen molar-refractivity contribution >= 4 is 11.6 Å². The van der Waals surface area contributed by atoms with Gasteiger partial charge in [-0.2, -0.15) is 5.10 Å². The maximum Gasteiger partial charge on any atom is 0.285 e. The van der Waals surface area contributed by atoms with Crippen LogP contribution in [0.1, 0.15) is 0 Å². The van der Waals surface area contributed by atoms with Gasteiger partial charge in [0.05, 0.1) is 0 Å². The molecule has 12 heavy (non-hydrogen) atoms. The molecule has 66 valence electrons. The predicted molar refractivity (Wildman–Crippen MR) is 39.5 cm³/mol. The van der Waals surface area contributed by atoms with Gasteiger partial charge in [0.15, 0.2) is 0 Å². The first-order chi connectivity index (χ1) is 5.61. The Morgan fingerprint density at radius 1 is 1.67 bits per heavy atom. The Balaban J connectivity index is 3.01. The van der Waals surface area contributed by atoms with E-state index in [0.717, 1.165) is 0 Å². The standard InChI is InChI=1S/C6H5ClF2N2O/c7-4-1-2-10-11(6(4)12)3-5(8)9/h1-2,5H,3H2. The van der Waals surface area contributed by atoms with Crippen LogP contribution in [0.15, 0.2) is 17.1 Å². The zero-order valence-electron chi connectivity index (χ0n) is 5.88. The number of alkyl halides is 2. The zero-order chi connectivity index (χ0) is 9.14. The van der Waals surface area contributed by atoms with E-state index in [-0.39, 0.29) is 5.02 Å². The third-order valence-corrected chi connectivity index (χ3v) is 1.46. The summed E-state index contributed by atoms with van der Waals surface area (Å²) in [4.78, 5) is 10.9. The summed E-state index contributed by atoms with van der Waals surface area (Å²) in [7, 11) is 0. The largest absolute Gasteiger partial charge is 0.285 e. The first-order valence-corrected chi connectivity index (χ1v) is 3.49. The Hall–Kier alpha value is -0.970. The number of hydrogen-bond acceptors (Lipinski definition) is 2. The maximum absolute atomic E-state index is 11.8. The van der Waals surface area contributed by atoms with Crippen molar-refractivity contribution in [2.45, 2.75) is 13.0 Å². The van der Waals surface area contributed by atoms with Crippen LogP contribution in [0.4, 0.5) is 8.78 Å². The van der Waals surface area contributed by atoms with Gasteiger partial charge in [0.25, 0.3) is 12.0 Å². The van der Waals surface area contributed by atoms with Crippen LogP contribution in [-0.2, 0) is 6.54 Å². The third kappa shape index (κ3) is 2.01. The van der Waals surface area contributed by atoms with E-state index in [1.807, 2.05) is 0 Å². The first kappa shape index (κ1) is 9.12. The lowest BCUT2D eigenvalue weighted by Gasteiger charge is -2.01. The molecule has 0 amide bonds. The Morgan fingerprint density at radius 3 is 2.92 bits per heavy atom. The average molecular weight is 195 g/mol. The Morgan fingerprint density at radius 2 is 2.33 bits per heavy atom. The molecule has 1 aromatic heterocycles. The molecule has 0 aromatic carbocycles. The van der Waals surface area contributed by atoms with Gasteiger partial charge in [-0.25, -0.2) is 13.5 Å². The summed E-state index contributed by atoms with van der Waals surface area (Å²) in [5, 5.41) is 3.31. The summed E-state index contributed by atoms with van der Waals surface area (Å²) in [5.41, 5.74) is -0.695. The summed E-state index contributed by atoms with van der Waals surface area (Å²) < 4.78 is 24.2. The van der Waals surface area contributed by atoms with Gasteiger partial charge in [-0.1, -0.05) is 11.6 Å². The maximum atomic E-state index is 11.8. The van der Waals surface area contributed by atoms with Crippen molar-refractivity contribution in [3.8, 4) is 0 Å². The van der Waals surface area contributed by atoms with Crippen molar-refractivity contribution in [1.29, 1.82) is 0 Å². The SMILES string of the molecule is O=c1c(Cl)ccnn1CC(F)F. The highest BCUT2D eigenvalue weighted by Crippen LogP contribution is 1.99. The van der Waals surface area contributed by atoms with E-state index in [1.54, 1.807) is 0 Å². The monoisotopic (exact) mass is 194 g/mol. The van der Waals surface area contributed by atoms with Crippen LogP contribution in [-0.4, -0.2) is 16.2 Å². The van der Waals surface area contributed by atoms with Crippen LogP contribution in [0.25, 0.3) is 0 Å². The van der Waals surface area contributed by atoms with Crippen molar-refractivity contribution in [2.24, 2.45) is 0 Å². The fourth-order valence-electron chi connectivity index (χ4n) is 0.687. The van der Waals surface area contributed by atoms with Crippen LogP contribution in [0.2, 0.25) is 5.02 Å². The molecule has 0 aliphatic carbocycles. The van der Waals surface area contributed by atoms with Crippen molar-refractivity contribution in [1.82, 2.24) is 9.78 Å². The molecule has 0 N–H and O–H groups in total. The van der Waals surface area contributed by atoms with Gasteiger partial charge in [0, 0.05) is 6.20 Å². The molecular formula is C6H5ClF2N2O. The van der Waals surface area contributed by atoms with Gasteiger partial charge in [-0.05, 0) is 6.07 Å². The molecule has 0 aliphatic rings. The molecular weight excluding hydrogens is 190 g/mol. The van der Waals surface area contributed by atoms with Crippen LogP contribution >= 0.6 is 11.6 Å². The lowest BCUT2D eigenvalue weighted by molar-refractivity contribution is 0.119. The van der Waals surface area contributed by atoms with E-state index in [2.05, 4.69) is 5.10 Å². The zero-order valence-corrected chi connectivity index (χ0v) is 6.63. The molecule has 0 saturated carbocycles. The van der Waals surface area contributed by atoms with Gasteiger partial charge in [0.1, 0.15) is 11.6 Å². The molecule has 1 heterocycles. The molecule has 0 bridgehead atoms. The van der Waals surface area contributed by atoms with Crippen LogP contribution < -0.4 is 5.56 Å². The fraction of sp³-hybridized carbons (Fsp3) is 0.333. The molecule has 0 radical (unpaired) electrons. The minimum Gasteiger partial charge on any atom is -0.266 e. The van der Waals surface area contributed by atoms with E-state index >= 15 is 0 Å². The quantitative estimate of drug-likeness (QED) is 0.708. The van der Waals surface area contributed by atoms with Crippen molar-refractivity contribution in [2.75, 3.05) is 0 Å². The van der Waals surface area contributed by atoms with E-state index < -0.39 is 18.5 Å². The number of rotatable bonds is 2. The van der Waals surface area contributed by atoms with Crippen molar-refractivity contribution in [3.63, 3.8) is 0 Å². The number of aromatic nitrogens is 2. The second-order valence-electron chi connectivity index (χ2n) is 2.06. The molecule has 0 atom stereocenters. The summed E-state index contributed by atoms with van der Waals surface area (Å²) in [6.45, 7) is -0.723. The molecule has 6 heteroatoms. The normalized spacial score (nSPS) is 10.7. The number of hydrogen-bond donors (Lipinski definition) is 0. The minimum atomic E-state index is -2.60. The Bertz CT molecular complexity index is 326. The molecule has 1 rings (SSSR count). The Labute approximate surface area is 71.6 Å². The minimum absolute atomic E-state index is 0.106. The number of nitrogens with zero attached hydrogens (tertiary/aromatic N) is 2. The number of halogens is 3. The smallest absolute Gasteiger partial charge is 0.266 e. The highest BCUT2D eigenvalue weighted by atomic mass is 35.5. The second kappa shape index (κ2) is 3.62. The van der Waals surface area contributed by atoms with Gasteiger partial charge in [0.2, 0.25) is 0 Å². The highest BCUT2D eigenvalue weighted by molar-refractivity contribution is 6.30. The van der Waals surface area contributed by atoms with E-state index in [4.69, 9.17) is 11.6 Å². The van der Waals surface area contributed by atoms with Gasteiger partial charge >= 0.3 is 0 Å². The molecule has 0 saturated heterocycles. The third-order valence-electron chi connectivity index (χ3n) is 1.18. The second-order valence-corrected chi connectivity index (χ2v) is 2.46. The van der Waals surface area contributed by atoms with Crippen molar-refractivity contribution < 1.29 is 8.78 Å². The Kier molecular flexibility index (Phi) is 2.75. The van der Waals surface area contributed by atoms with Crippen LogP contribution in [0.5, 0.6) is 0 Å². The molecule has 0 spiro atoms. The molecule has 0 fully saturated rings. The van der Waals surface area contributed by atoms with Gasteiger partial charge in [-0.15, -0.1) is 0 Å². The fourth-order valence-corrected chi connectivity index (χ4v) is 0.841. The van der Waals surface area contributed by atoms with Crippen LogP contribution in [0, 0.1) is 0 Å². The lowest BCUT2D eigenvalue weighted by atomic mass is 10.5. The summed E-state index contributed by atoms with van der Waals surface area (Å²) in [6, 6.07) is 1.26. The average Bonchev–Trinajstić information content (AvgIpc) is 1.98. The molecule has 0 aliphatic heterocycles. The lowest BCUT2D eigenvalue weighted by Crippen LogP contribution is -2.25. The highest BCUT2D eigenvalue weighted by Gasteiger charge is 2.07. The van der Waals surface area contributed by atoms with Gasteiger partial charge in [-0.3, -0.25) is 4.79 Å².